The van der Waals surface area contributed by atoms with Crippen LogP contribution in [0, 0.1) is 19.3 Å². The Morgan fingerprint density at radius 1 is 1.48 bits per heavy atom. The molecule has 1 aliphatic carbocycles. The molecule has 0 bridgehead atoms. The first-order chi connectivity index (χ1) is 9.95. The molecule has 1 aromatic heterocycles. The minimum atomic E-state index is -0.604. The lowest BCUT2D eigenvalue weighted by atomic mass is 9.85. The lowest BCUT2D eigenvalue weighted by Crippen LogP contribution is -2.47. The van der Waals surface area contributed by atoms with Gasteiger partial charge in [-0.2, -0.15) is 5.10 Å². The number of thiocarbonyl (C=S) groups is 1. The molecule has 0 unspecified atom stereocenters. The highest BCUT2D eigenvalue weighted by Crippen LogP contribution is 2.38. The van der Waals surface area contributed by atoms with Gasteiger partial charge in [-0.05, 0) is 39.2 Å². The van der Waals surface area contributed by atoms with Gasteiger partial charge in [0.25, 0.3) is 0 Å². The SMILES string of the molecule is Cc1cc(C)n(CCCNC(=O)C2(C(N)=S)CCCC2)n1. The summed E-state index contributed by atoms with van der Waals surface area (Å²) in [7, 11) is 0. The fourth-order valence-corrected chi connectivity index (χ4v) is 3.36. The molecule has 116 valence electrons. The molecule has 1 aliphatic rings. The normalized spacial score (nSPS) is 16.9. The Kier molecular flexibility index (Phi) is 4.98. The maximum absolute atomic E-state index is 12.4. The summed E-state index contributed by atoms with van der Waals surface area (Å²) in [5, 5.41) is 7.41. The van der Waals surface area contributed by atoms with Gasteiger partial charge in [-0.25, -0.2) is 0 Å². The topological polar surface area (TPSA) is 72.9 Å². The monoisotopic (exact) mass is 308 g/mol. The average Bonchev–Trinajstić information content (AvgIpc) is 3.02. The van der Waals surface area contributed by atoms with Crippen LogP contribution >= 0.6 is 12.2 Å². The summed E-state index contributed by atoms with van der Waals surface area (Å²) in [6, 6.07) is 2.05. The van der Waals surface area contributed by atoms with Crippen molar-refractivity contribution in [3.8, 4) is 0 Å². The third kappa shape index (κ3) is 3.43. The van der Waals surface area contributed by atoms with Gasteiger partial charge in [-0.15, -0.1) is 0 Å². The molecular formula is C15H24N4OS. The first-order valence-electron chi connectivity index (χ1n) is 7.55. The van der Waals surface area contributed by atoms with Gasteiger partial charge in [0.05, 0.1) is 16.1 Å². The summed E-state index contributed by atoms with van der Waals surface area (Å²) < 4.78 is 1.97. The third-order valence-electron chi connectivity index (χ3n) is 4.30. The smallest absolute Gasteiger partial charge is 0.233 e. The van der Waals surface area contributed by atoms with Gasteiger partial charge in [-0.3, -0.25) is 9.48 Å². The molecule has 0 atom stereocenters. The van der Waals surface area contributed by atoms with Gasteiger partial charge in [-0.1, -0.05) is 25.1 Å². The van der Waals surface area contributed by atoms with E-state index in [0.29, 0.717) is 11.5 Å². The number of hydrogen-bond acceptors (Lipinski definition) is 3. The summed E-state index contributed by atoms with van der Waals surface area (Å²) in [5.41, 5.74) is 7.37. The molecule has 2 rings (SSSR count). The summed E-state index contributed by atoms with van der Waals surface area (Å²) >= 11 is 5.12. The highest BCUT2D eigenvalue weighted by atomic mass is 32.1. The quantitative estimate of drug-likeness (QED) is 0.621. The lowest BCUT2D eigenvalue weighted by Gasteiger charge is -2.26. The molecule has 21 heavy (non-hydrogen) atoms. The second-order valence-corrected chi connectivity index (χ2v) is 6.35. The van der Waals surface area contributed by atoms with E-state index in [4.69, 9.17) is 18.0 Å². The summed E-state index contributed by atoms with van der Waals surface area (Å²) in [6.45, 7) is 5.46. The molecule has 0 radical (unpaired) electrons. The molecular weight excluding hydrogens is 284 g/mol. The van der Waals surface area contributed by atoms with E-state index < -0.39 is 5.41 Å². The molecule has 1 saturated carbocycles. The number of hydrogen-bond donors (Lipinski definition) is 2. The Morgan fingerprint density at radius 3 is 2.67 bits per heavy atom. The molecule has 0 spiro atoms. The van der Waals surface area contributed by atoms with Gasteiger partial charge in [0, 0.05) is 18.8 Å². The molecule has 1 amide bonds. The standard InChI is InChI=1S/C15H24N4OS/c1-11-10-12(2)19(18-11)9-5-8-17-14(20)15(13(16)21)6-3-4-7-15/h10H,3-9H2,1-2H3,(H2,16,21)(H,17,20). The molecule has 6 heteroatoms. The lowest BCUT2D eigenvalue weighted by molar-refractivity contribution is -0.127. The van der Waals surface area contributed by atoms with Crippen LogP contribution in [0.2, 0.25) is 0 Å². The van der Waals surface area contributed by atoms with Gasteiger partial charge >= 0.3 is 0 Å². The number of nitrogens with one attached hydrogen (secondary N) is 1. The van der Waals surface area contributed by atoms with Crippen molar-refractivity contribution in [2.75, 3.05) is 6.54 Å². The number of nitrogens with zero attached hydrogens (tertiary/aromatic N) is 2. The minimum Gasteiger partial charge on any atom is -0.392 e. The number of carbonyl (C=O) groups excluding carboxylic acids is 1. The van der Waals surface area contributed by atoms with E-state index in [1.165, 1.54) is 0 Å². The van der Waals surface area contributed by atoms with Crippen molar-refractivity contribution < 1.29 is 4.79 Å². The van der Waals surface area contributed by atoms with E-state index in [9.17, 15) is 4.79 Å². The van der Waals surface area contributed by atoms with Crippen LogP contribution in [0.25, 0.3) is 0 Å². The van der Waals surface area contributed by atoms with Crippen molar-refractivity contribution in [3.05, 3.63) is 17.5 Å². The first kappa shape index (κ1) is 15.9. The zero-order chi connectivity index (χ0) is 15.5. The summed E-state index contributed by atoms with van der Waals surface area (Å²) in [6.07, 6.45) is 4.46. The molecule has 0 saturated heterocycles. The van der Waals surface area contributed by atoms with Crippen molar-refractivity contribution >= 4 is 23.1 Å². The molecule has 1 heterocycles. The Morgan fingerprint density at radius 2 is 2.14 bits per heavy atom. The number of aryl methyl sites for hydroxylation is 3. The van der Waals surface area contributed by atoms with Crippen LogP contribution in [-0.2, 0) is 11.3 Å². The first-order valence-corrected chi connectivity index (χ1v) is 7.96. The van der Waals surface area contributed by atoms with Crippen LogP contribution in [0.5, 0.6) is 0 Å². The maximum Gasteiger partial charge on any atom is 0.233 e. The van der Waals surface area contributed by atoms with E-state index in [1.807, 2.05) is 18.5 Å². The molecule has 3 N–H and O–H groups in total. The Hall–Kier alpha value is -1.43. The van der Waals surface area contributed by atoms with Crippen molar-refractivity contribution in [1.29, 1.82) is 0 Å². The van der Waals surface area contributed by atoms with Gasteiger partial charge < -0.3 is 11.1 Å². The molecule has 0 aromatic carbocycles. The molecule has 1 aromatic rings. The maximum atomic E-state index is 12.4. The molecule has 1 fully saturated rings. The average molecular weight is 308 g/mol. The van der Waals surface area contributed by atoms with Crippen LogP contribution in [-0.4, -0.2) is 27.2 Å². The largest absolute Gasteiger partial charge is 0.392 e. The van der Waals surface area contributed by atoms with E-state index in [2.05, 4.69) is 16.5 Å². The van der Waals surface area contributed by atoms with E-state index in [1.54, 1.807) is 0 Å². The molecule has 0 aliphatic heterocycles. The fourth-order valence-electron chi connectivity index (χ4n) is 3.07. The number of nitrogens with two attached hydrogens (primary N) is 1. The van der Waals surface area contributed by atoms with E-state index in [-0.39, 0.29) is 5.91 Å². The van der Waals surface area contributed by atoms with Crippen molar-refractivity contribution in [3.63, 3.8) is 0 Å². The Bertz CT molecular complexity index is 532. The Labute approximate surface area is 131 Å². The Balaban J connectivity index is 1.81. The van der Waals surface area contributed by atoms with Crippen molar-refractivity contribution in [2.45, 2.75) is 52.5 Å². The van der Waals surface area contributed by atoms with E-state index in [0.717, 1.165) is 50.0 Å². The zero-order valence-corrected chi connectivity index (χ0v) is 13.6. The molecule has 5 nitrogen and oxygen atoms in total. The van der Waals surface area contributed by atoms with Crippen LogP contribution in [0.1, 0.15) is 43.5 Å². The van der Waals surface area contributed by atoms with Crippen LogP contribution in [0.15, 0.2) is 6.07 Å². The highest BCUT2D eigenvalue weighted by molar-refractivity contribution is 7.80. The number of amides is 1. The van der Waals surface area contributed by atoms with Crippen LogP contribution < -0.4 is 11.1 Å². The van der Waals surface area contributed by atoms with Gasteiger partial charge in [0.1, 0.15) is 0 Å². The second-order valence-electron chi connectivity index (χ2n) is 5.91. The number of carbonyl (C=O) groups is 1. The number of rotatable bonds is 6. The number of aromatic nitrogens is 2. The van der Waals surface area contributed by atoms with Crippen LogP contribution in [0.3, 0.4) is 0 Å². The highest BCUT2D eigenvalue weighted by Gasteiger charge is 2.43. The third-order valence-corrected chi connectivity index (χ3v) is 4.69. The van der Waals surface area contributed by atoms with Crippen LogP contribution in [0.4, 0.5) is 0 Å². The van der Waals surface area contributed by atoms with E-state index >= 15 is 0 Å². The zero-order valence-electron chi connectivity index (χ0n) is 12.8. The van der Waals surface area contributed by atoms with Crippen molar-refractivity contribution in [1.82, 2.24) is 15.1 Å². The fraction of sp³-hybridized carbons (Fsp3) is 0.667. The summed E-state index contributed by atoms with van der Waals surface area (Å²) in [4.78, 5) is 12.7. The van der Waals surface area contributed by atoms with Gasteiger partial charge in [0.15, 0.2) is 0 Å². The van der Waals surface area contributed by atoms with Gasteiger partial charge in [0.2, 0.25) is 5.91 Å². The predicted molar refractivity (Wildman–Crippen MR) is 87.0 cm³/mol. The second kappa shape index (κ2) is 6.56. The minimum absolute atomic E-state index is 0.000804. The van der Waals surface area contributed by atoms with Crippen molar-refractivity contribution in [2.24, 2.45) is 11.1 Å². The predicted octanol–water partition coefficient (Wildman–Crippen LogP) is 1.85. The summed E-state index contributed by atoms with van der Waals surface area (Å²) in [5.74, 6) is 0.000804.